The molecule has 0 bridgehead atoms. The first-order valence-electron chi connectivity index (χ1n) is 7.44. The summed E-state index contributed by atoms with van der Waals surface area (Å²) < 4.78 is 0. The number of hydrogen-bond donors (Lipinski definition) is 0. The summed E-state index contributed by atoms with van der Waals surface area (Å²) in [5.41, 5.74) is 4.86. The second kappa shape index (κ2) is 6.22. The summed E-state index contributed by atoms with van der Waals surface area (Å²) in [4.78, 5) is 0. The minimum Gasteiger partial charge on any atom is -0.0857 e. The number of benzene rings is 1. The van der Waals surface area contributed by atoms with Gasteiger partial charge in [-0.15, -0.1) is 0 Å². The van der Waals surface area contributed by atoms with E-state index in [1.165, 1.54) is 32.1 Å². The standard InChI is InChI=1S/C18H26/c1-14(2)11-12-15(3)13-17-9-6-8-16-7-4-5-10-18(16)17/h6,8-9,11-12,14-15H,4-5,7,10,13H2,1-3H3/b12-11-. The van der Waals surface area contributed by atoms with Gasteiger partial charge in [0.1, 0.15) is 0 Å². The van der Waals surface area contributed by atoms with Crippen LogP contribution in [0.3, 0.4) is 0 Å². The van der Waals surface area contributed by atoms with Crippen molar-refractivity contribution in [3.8, 4) is 0 Å². The monoisotopic (exact) mass is 242 g/mol. The molecule has 1 atom stereocenters. The van der Waals surface area contributed by atoms with E-state index in [1.807, 2.05) is 0 Å². The van der Waals surface area contributed by atoms with Gasteiger partial charge in [0.05, 0.1) is 0 Å². The van der Waals surface area contributed by atoms with Crippen molar-refractivity contribution in [2.75, 3.05) is 0 Å². The minimum absolute atomic E-state index is 0.654. The Balaban J connectivity index is 2.09. The molecule has 1 aromatic carbocycles. The normalized spacial score (nSPS) is 17.1. The highest BCUT2D eigenvalue weighted by Gasteiger charge is 2.13. The van der Waals surface area contributed by atoms with Crippen molar-refractivity contribution in [1.82, 2.24) is 0 Å². The van der Waals surface area contributed by atoms with Gasteiger partial charge in [0, 0.05) is 0 Å². The average molecular weight is 242 g/mol. The molecule has 1 aromatic rings. The molecule has 98 valence electrons. The van der Waals surface area contributed by atoms with Crippen molar-refractivity contribution in [2.45, 2.75) is 52.9 Å². The zero-order valence-electron chi connectivity index (χ0n) is 12.1. The molecule has 1 aliphatic carbocycles. The number of aryl methyl sites for hydroxylation is 1. The van der Waals surface area contributed by atoms with Crippen molar-refractivity contribution in [2.24, 2.45) is 11.8 Å². The fourth-order valence-corrected chi connectivity index (χ4v) is 2.88. The van der Waals surface area contributed by atoms with Gasteiger partial charge < -0.3 is 0 Å². The van der Waals surface area contributed by atoms with E-state index in [9.17, 15) is 0 Å². The fraction of sp³-hybridized carbons (Fsp3) is 0.556. The van der Waals surface area contributed by atoms with E-state index < -0.39 is 0 Å². The molecule has 0 saturated carbocycles. The number of rotatable bonds is 4. The van der Waals surface area contributed by atoms with Crippen LogP contribution in [0.5, 0.6) is 0 Å². The predicted molar refractivity (Wildman–Crippen MR) is 79.9 cm³/mol. The highest BCUT2D eigenvalue weighted by Crippen LogP contribution is 2.26. The second-order valence-corrected chi connectivity index (χ2v) is 6.07. The van der Waals surface area contributed by atoms with Gasteiger partial charge >= 0.3 is 0 Å². The molecule has 1 unspecified atom stereocenters. The molecule has 18 heavy (non-hydrogen) atoms. The summed E-state index contributed by atoms with van der Waals surface area (Å²) in [5.74, 6) is 1.32. The molecule has 0 spiro atoms. The van der Waals surface area contributed by atoms with Gasteiger partial charge in [0.2, 0.25) is 0 Å². The van der Waals surface area contributed by atoms with E-state index in [0.29, 0.717) is 11.8 Å². The Hall–Kier alpha value is -1.04. The van der Waals surface area contributed by atoms with Gasteiger partial charge in [-0.3, -0.25) is 0 Å². The number of fused-ring (bicyclic) bond motifs is 1. The Bertz CT molecular complexity index is 412. The summed E-state index contributed by atoms with van der Waals surface area (Å²) in [7, 11) is 0. The van der Waals surface area contributed by atoms with Gasteiger partial charge in [-0.05, 0) is 60.6 Å². The molecule has 0 amide bonds. The third-order valence-electron chi connectivity index (χ3n) is 3.86. The van der Waals surface area contributed by atoms with Gasteiger partial charge in [-0.2, -0.15) is 0 Å². The molecule has 0 heteroatoms. The molecule has 2 rings (SSSR count). The molecule has 0 aliphatic heterocycles. The lowest BCUT2D eigenvalue weighted by molar-refractivity contribution is 0.657. The highest BCUT2D eigenvalue weighted by atomic mass is 14.2. The summed E-state index contributed by atoms with van der Waals surface area (Å²) in [6, 6.07) is 6.91. The first kappa shape index (κ1) is 13.4. The zero-order chi connectivity index (χ0) is 13.0. The Morgan fingerprint density at radius 3 is 2.61 bits per heavy atom. The van der Waals surface area contributed by atoms with Crippen LogP contribution < -0.4 is 0 Å². The molecule has 0 heterocycles. The largest absolute Gasteiger partial charge is 0.0857 e. The van der Waals surface area contributed by atoms with Gasteiger partial charge in [-0.25, -0.2) is 0 Å². The van der Waals surface area contributed by atoms with Crippen LogP contribution in [0.4, 0.5) is 0 Å². The van der Waals surface area contributed by atoms with Gasteiger partial charge in [0.25, 0.3) is 0 Å². The fourth-order valence-electron chi connectivity index (χ4n) is 2.88. The van der Waals surface area contributed by atoms with Crippen LogP contribution in [-0.4, -0.2) is 0 Å². The molecule has 0 fully saturated rings. The predicted octanol–water partition coefficient (Wildman–Crippen LogP) is 4.96. The van der Waals surface area contributed by atoms with Gasteiger partial charge in [0.15, 0.2) is 0 Å². The Morgan fingerprint density at radius 2 is 1.83 bits per heavy atom. The van der Waals surface area contributed by atoms with E-state index in [0.717, 1.165) is 0 Å². The molecular weight excluding hydrogens is 216 g/mol. The van der Waals surface area contributed by atoms with Crippen LogP contribution in [0.25, 0.3) is 0 Å². The minimum atomic E-state index is 0.654. The third-order valence-corrected chi connectivity index (χ3v) is 3.86. The number of allylic oxidation sites excluding steroid dienone is 2. The lowest BCUT2D eigenvalue weighted by atomic mass is 9.85. The summed E-state index contributed by atoms with van der Waals surface area (Å²) in [6.45, 7) is 6.82. The maximum Gasteiger partial charge on any atom is -0.0215 e. The number of hydrogen-bond acceptors (Lipinski definition) is 0. The highest BCUT2D eigenvalue weighted by molar-refractivity contribution is 5.37. The van der Waals surface area contributed by atoms with E-state index in [1.54, 1.807) is 16.7 Å². The smallest absolute Gasteiger partial charge is 0.0215 e. The van der Waals surface area contributed by atoms with Crippen molar-refractivity contribution >= 4 is 0 Å². The quantitative estimate of drug-likeness (QED) is 0.655. The Morgan fingerprint density at radius 1 is 1.06 bits per heavy atom. The Labute approximate surface area is 112 Å². The van der Waals surface area contributed by atoms with E-state index in [-0.39, 0.29) is 0 Å². The third kappa shape index (κ3) is 3.48. The topological polar surface area (TPSA) is 0 Å². The average Bonchev–Trinajstić information content (AvgIpc) is 2.37. The second-order valence-electron chi connectivity index (χ2n) is 6.07. The molecule has 0 saturated heterocycles. The van der Waals surface area contributed by atoms with Crippen molar-refractivity contribution < 1.29 is 0 Å². The SMILES string of the molecule is CC(C)/C=C\C(C)Cc1cccc2c1CCCC2. The molecule has 1 aliphatic rings. The lowest BCUT2D eigenvalue weighted by Crippen LogP contribution is -2.08. The Kier molecular flexibility index (Phi) is 4.63. The summed E-state index contributed by atoms with van der Waals surface area (Å²) in [6.07, 6.45) is 11.3. The van der Waals surface area contributed by atoms with Crippen molar-refractivity contribution in [3.05, 3.63) is 47.0 Å². The molecule has 0 radical (unpaired) electrons. The van der Waals surface area contributed by atoms with Crippen LogP contribution in [0.15, 0.2) is 30.4 Å². The van der Waals surface area contributed by atoms with E-state index in [4.69, 9.17) is 0 Å². The van der Waals surface area contributed by atoms with Crippen molar-refractivity contribution in [1.29, 1.82) is 0 Å². The summed E-state index contributed by atoms with van der Waals surface area (Å²) >= 11 is 0. The molecule has 0 aromatic heterocycles. The maximum absolute atomic E-state index is 2.38. The van der Waals surface area contributed by atoms with E-state index in [2.05, 4.69) is 51.1 Å². The lowest BCUT2D eigenvalue weighted by Gasteiger charge is -2.20. The van der Waals surface area contributed by atoms with Crippen LogP contribution in [0, 0.1) is 11.8 Å². The maximum atomic E-state index is 2.38. The van der Waals surface area contributed by atoms with Crippen LogP contribution in [0.1, 0.15) is 50.3 Å². The van der Waals surface area contributed by atoms with Crippen LogP contribution in [-0.2, 0) is 19.3 Å². The van der Waals surface area contributed by atoms with Crippen LogP contribution >= 0.6 is 0 Å². The summed E-state index contributed by atoms with van der Waals surface area (Å²) in [5, 5.41) is 0. The molecular formula is C18H26. The zero-order valence-corrected chi connectivity index (χ0v) is 12.1. The van der Waals surface area contributed by atoms with E-state index >= 15 is 0 Å². The molecule has 0 nitrogen and oxygen atoms in total. The van der Waals surface area contributed by atoms with Gasteiger partial charge in [-0.1, -0.05) is 51.1 Å². The first-order valence-corrected chi connectivity index (χ1v) is 7.44. The van der Waals surface area contributed by atoms with Crippen molar-refractivity contribution in [3.63, 3.8) is 0 Å². The first-order chi connectivity index (χ1) is 8.66. The molecule has 0 N–H and O–H groups in total. The van der Waals surface area contributed by atoms with Crippen LogP contribution in [0.2, 0.25) is 0 Å².